The van der Waals surface area contributed by atoms with Crippen LogP contribution in [0.5, 0.6) is 0 Å². The summed E-state index contributed by atoms with van der Waals surface area (Å²) in [5.74, 6) is -2.03. The molecule has 178 valence electrons. The van der Waals surface area contributed by atoms with Gasteiger partial charge in [-0.1, -0.05) is 30.3 Å². The van der Waals surface area contributed by atoms with Gasteiger partial charge in [0.05, 0.1) is 0 Å². The molecule has 2 bridgehead atoms. The summed E-state index contributed by atoms with van der Waals surface area (Å²) in [7, 11) is 0. The smallest absolute Gasteiger partial charge is 0.251 e. The molecule has 2 unspecified atom stereocenters. The van der Waals surface area contributed by atoms with Gasteiger partial charge in [-0.15, -0.1) is 0 Å². The third-order valence-electron chi connectivity index (χ3n) is 6.74. The van der Waals surface area contributed by atoms with E-state index in [4.69, 9.17) is 10.5 Å². The number of halogens is 2. The molecule has 6 rings (SSSR count). The van der Waals surface area contributed by atoms with Crippen molar-refractivity contribution >= 4 is 11.8 Å². The topological polar surface area (TPSA) is 81.4 Å². The van der Waals surface area contributed by atoms with Crippen LogP contribution < -0.4 is 11.1 Å². The Hall–Kier alpha value is -4.36. The zero-order chi connectivity index (χ0) is 25.0. The van der Waals surface area contributed by atoms with E-state index < -0.39 is 17.5 Å². The summed E-state index contributed by atoms with van der Waals surface area (Å²) in [5, 5.41) is 2.87. The third-order valence-corrected chi connectivity index (χ3v) is 6.74. The van der Waals surface area contributed by atoms with E-state index in [-0.39, 0.29) is 24.7 Å². The van der Waals surface area contributed by atoms with Crippen LogP contribution in [0, 0.1) is 11.6 Å². The molecule has 2 aliphatic rings. The highest BCUT2D eigenvalue weighted by molar-refractivity contribution is 5.95. The van der Waals surface area contributed by atoms with E-state index in [2.05, 4.69) is 5.32 Å². The largest absolute Gasteiger partial charge is 0.366 e. The molecule has 0 aliphatic carbocycles. The van der Waals surface area contributed by atoms with Crippen molar-refractivity contribution in [1.82, 2.24) is 5.32 Å². The molecule has 2 heterocycles. The van der Waals surface area contributed by atoms with Gasteiger partial charge >= 0.3 is 0 Å². The lowest BCUT2D eigenvalue weighted by Gasteiger charge is -2.18. The molecule has 0 saturated heterocycles. The number of ether oxygens (including phenoxy) is 1. The molecule has 7 heteroatoms. The predicted molar refractivity (Wildman–Crippen MR) is 129 cm³/mol. The van der Waals surface area contributed by atoms with Crippen LogP contribution in [0.4, 0.5) is 8.78 Å². The molecule has 3 N–H and O–H groups in total. The molecule has 0 spiro atoms. The predicted octanol–water partition coefficient (Wildman–Crippen LogP) is 5.18. The average molecular weight is 482 g/mol. The molecule has 0 fully saturated rings. The molecular formula is C29H20F2N2O3. The van der Waals surface area contributed by atoms with E-state index in [1.165, 1.54) is 12.1 Å². The number of rotatable bonds is 5. The summed E-state index contributed by atoms with van der Waals surface area (Å²) in [5.41, 5.74) is 11.7. The first-order valence-electron chi connectivity index (χ1n) is 11.4. The number of hydrogen-bond acceptors (Lipinski definition) is 3. The highest BCUT2D eigenvalue weighted by Gasteiger charge is 2.43. The normalized spacial score (nSPS) is 16.9. The second-order valence-electron chi connectivity index (χ2n) is 8.96. The van der Waals surface area contributed by atoms with Crippen LogP contribution in [-0.4, -0.2) is 11.8 Å². The van der Waals surface area contributed by atoms with E-state index in [0.717, 1.165) is 33.9 Å². The van der Waals surface area contributed by atoms with Crippen molar-refractivity contribution in [1.29, 1.82) is 0 Å². The summed E-state index contributed by atoms with van der Waals surface area (Å²) in [6.07, 6.45) is -0.621. The number of nitrogens with two attached hydrogens (primary N) is 1. The van der Waals surface area contributed by atoms with Crippen LogP contribution in [0.15, 0.2) is 78.9 Å². The van der Waals surface area contributed by atoms with Crippen LogP contribution in [-0.2, 0) is 11.3 Å². The Bertz CT molecular complexity index is 1570. The quantitative estimate of drug-likeness (QED) is 0.411. The van der Waals surface area contributed by atoms with E-state index >= 15 is 0 Å². The minimum atomic E-state index is -0.625. The van der Waals surface area contributed by atoms with E-state index in [9.17, 15) is 18.4 Å². The van der Waals surface area contributed by atoms with Crippen molar-refractivity contribution in [2.24, 2.45) is 5.73 Å². The van der Waals surface area contributed by atoms with Crippen molar-refractivity contribution in [2.45, 2.75) is 18.8 Å². The fraction of sp³-hybridized carbons (Fsp3) is 0.103. The molecule has 2 aliphatic heterocycles. The summed E-state index contributed by atoms with van der Waals surface area (Å²) in [6.45, 7) is 0.245. The maximum Gasteiger partial charge on any atom is 0.251 e. The first-order chi connectivity index (χ1) is 17.4. The first-order valence-corrected chi connectivity index (χ1v) is 11.4. The fourth-order valence-corrected chi connectivity index (χ4v) is 5.00. The van der Waals surface area contributed by atoms with Gasteiger partial charge in [-0.25, -0.2) is 8.78 Å². The fourth-order valence-electron chi connectivity index (χ4n) is 5.00. The number of hydrogen-bond donors (Lipinski definition) is 2. The Morgan fingerprint density at radius 1 is 0.806 bits per heavy atom. The Balaban J connectivity index is 1.25. The lowest BCUT2D eigenvalue weighted by molar-refractivity contribution is 0.0857. The van der Waals surface area contributed by atoms with Crippen LogP contribution in [0.3, 0.4) is 0 Å². The van der Waals surface area contributed by atoms with Crippen molar-refractivity contribution < 1.29 is 23.1 Å². The van der Waals surface area contributed by atoms with Gasteiger partial charge in [-0.2, -0.15) is 0 Å². The number of amides is 2. The lowest BCUT2D eigenvalue weighted by Crippen LogP contribution is -2.23. The van der Waals surface area contributed by atoms with Crippen LogP contribution in [0.25, 0.3) is 11.1 Å². The minimum Gasteiger partial charge on any atom is -0.366 e. The maximum absolute atomic E-state index is 14.4. The second kappa shape index (κ2) is 8.39. The maximum atomic E-state index is 14.4. The van der Waals surface area contributed by atoms with Gasteiger partial charge in [0.1, 0.15) is 23.8 Å². The number of fused-ring (bicyclic) bond motifs is 8. The number of carbonyl (C=O) groups excluding carboxylic acids is 2. The Labute approximate surface area is 205 Å². The lowest BCUT2D eigenvalue weighted by atomic mass is 9.83. The molecule has 5 nitrogen and oxygen atoms in total. The molecular weight excluding hydrogens is 462 g/mol. The average Bonchev–Trinajstić information content (AvgIpc) is 3.44. The van der Waals surface area contributed by atoms with Gasteiger partial charge < -0.3 is 15.8 Å². The third kappa shape index (κ3) is 3.65. The monoisotopic (exact) mass is 482 g/mol. The molecule has 0 radical (unpaired) electrons. The van der Waals surface area contributed by atoms with Crippen LogP contribution in [0.2, 0.25) is 0 Å². The molecule has 2 atom stereocenters. The van der Waals surface area contributed by atoms with Crippen molar-refractivity contribution in [3.8, 4) is 11.1 Å². The SMILES string of the molecule is NC(=O)c1cccc(CNC(=O)c2ccc3c(c2)C2OC3c3ccc(-c4ccc(F)cc4F)cc32)c1. The molecule has 2 amide bonds. The molecule has 4 aromatic carbocycles. The van der Waals surface area contributed by atoms with Gasteiger partial charge in [0.15, 0.2) is 0 Å². The van der Waals surface area contributed by atoms with Gasteiger partial charge in [0.2, 0.25) is 5.91 Å². The Kier molecular flexibility index (Phi) is 5.16. The summed E-state index contributed by atoms with van der Waals surface area (Å²) < 4.78 is 34.0. The molecule has 4 aromatic rings. The van der Waals surface area contributed by atoms with Gasteiger partial charge in [-0.05, 0) is 75.8 Å². The van der Waals surface area contributed by atoms with E-state index in [1.807, 2.05) is 30.3 Å². The van der Waals surface area contributed by atoms with Crippen molar-refractivity contribution in [3.63, 3.8) is 0 Å². The second-order valence-corrected chi connectivity index (χ2v) is 8.96. The van der Waals surface area contributed by atoms with Gasteiger partial charge in [0, 0.05) is 29.3 Å². The number of benzene rings is 4. The van der Waals surface area contributed by atoms with E-state index in [0.29, 0.717) is 22.3 Å². The van der Waals surface area contributed by atoms with Crippen molar-refractivity contribution in [3.05, 3.63) is 129 Å². The molecule has 0 aromatic heterocycles. The van der Waals surface area contributed by atoms with Gasteiger partial charge in [-0.3, -0.25) is 9.59 Å². The summed E-state index contributed by atoms with van der Waals surface area (Å²) >= 11 is 0. The number of nitrogens with one attached hydrogen (secondary N) is 1. The summed E-state index contributed by atoms with van der Waals surface area (Å²) in [4.78, 5) is 24.3. The highest BCUT2D eigenvalue weighted by atomic mass is 19.1. The standard InChI is InChI=1S/C29H20F2N2O3/c30-19-6-9-20(25(31)13-19)16-4-7-21-23(11-16)27-24-12-18(5-8-22(24)26(21)36-27)29(35)33-14-15-2-1-3-17(10-15)28(32)34/h1-13,26-27H,14H2,(H2,32,34)(H,33,35). The Morgan fingerprint density at radius 3 is 2.33 bits per heavy atom. The highest BCUT2D eigenvalue weighted by Crippen LogP contribution is 2.54. The van der Waals surface area contributed by atoms with Crippen molar-refractivity contribution in [2.75, 3.05) is 0 Å². The minimum absolute atomic E-state index is 0.245. The molecule has 0 saturated carbocycles. The molecule has 36 heavy (non-hydrogen) atoms. The van der Waals surface area contributed by atoms with E-state index in [1.54, 1.807) is 30.3 Å². The summed E-state index contributed by atoms with van der Waals surface area (Å²) in [6, 6.07) is 21.4. The number of carbonyl (C=O) groups is 2. The van der Waals surface area contributed by atoms with Crippen LogP contribution in [0.1, 0.15) is 60.7 Å². The first kappa shape index (κ1) is 22.1. The number of primary amides is 1. The Morgan fingerprint density at radius 2 is 1.56 bits per heavy atom. The zero-order valence-electron chi connectivity index (χ0n) is 18.9. The van der Waals surface area contributed by atoms with Crippen LogP contribution >= 0.6 is 0 Å². The van der Waals surface area contributed by atoms with Gasteiger partial charge in [0.25, 0.3) is 5.91 Å². The zero-order valence-corrected chi connectivity index (χ0v) is 18.9.